The molecule has 0 aliphatic heterocycles. The van der Waals surface area contributed by atoms with Crippen molar-refractivity contribution < 1.29 is 0 Å². The average Bonchev–Trinajstić information content (AvgIpc) is 2.90. The van der Waals surface area contributed by atoms with Crippen LogP contribution in [-0.2, 0) is 0 Å². The van der Waals surface area contributed by atoms with E-state index in [0.29, 0.717) is 5.92 Å². The van der Waals surface area contributed by atoms with Crippen LogP contribution in [0.25, 0.3) is 11.1 Å². The highest BCUT2D eigenvalue weighted by Gasteiger charge is 2.20. The molecule has 3 nitrogen and oxygen atoms in total. The standard InChI is InChI=1S/C16H23N3S/c1-3-4-10(2)15(19)16-12(7-8-20-16)13-9-11(17)5-6-14(13)18/h5-10,15H,3-4,17-19H2,1-2H3. The predicted octanol–water partition coefficient (Wildman–Crippen LogP) is 4.02. The molecule has 0 bridgehead atoms. The van der Waals surface area contributed by atoms with Crippen molar-refractivity contribution in [3.63, 3.8) is 0 Å². The third-order valence-electron chi connectivity index (χ3n) is 3.72. The van der Waals surface area contributed by atoms with Gasteiger partial charge in [0.25, 0.3) is 0 Å². The molecule has 0 aliphatic rings. The Morgan fingerprint density at radius 2 is 1.90 bits per heavy atom. The topological polar surface area (TPSA) is 78.1 Å². The summed E-state index contributed by atoms with van der Waals surface area (Å²) in [6.07, 6.45) is 2.28. The molecule has 2 aromatic rings. The van der Waals surface area contributed by atoms with E-state index < -0.39 is 0 Å². The van der Waals surface area contributed by atoms with Crippen molar-refractivity contribution in [1.29, 1.82) is 0 Å². The lowest BCUT2D eigenvalue weighted by Gasteiger charge is -2.20. The predicted molar refractivity (Wildman–Crippen MR) is 89.6 cm³/mol. The Hall–Kier alpha value is -1.52. The van der Waals surface area contributed by atoms with Gasteiger partial charge in [-0.1, -0.05) is 20.3 Å². The van der Waals surface area contributed by atoms with Gasteiger partial charge >= 0.3 is 0 Å². The molecule has 0 amide bonds. The Balaban J connectivity index is 2.40. The molecule has 1 aromatic heterocycles. The maximum absolute atomic E-state index is 6.43. The first-order valence-corrected chi connectivity index (χ1v) is 7.90. The molecule has 2 unspecified atom stereocenters. The number of benzene rings is 1. The highest BCUT2D eigenvalue weighted by molar-refractivity contribution is 7.10. The smallest absolute Gasteiger partial charge is 0.0422 e. The molecule has 0 radical (unpaired) electrons. The van der Waals surface area contributed by atoms with Gasteiger partial charge in [0.2, 0.25) is 0 Å². The highest BCUT2D eigenvalue weighted by Crippen LogP contribution is 2.39. The van der Waals surface area contributed by atoms with Crippen molar-refractivity contribution >= 4 is 22.7 Å². The maximum atomic E-state index is 6.43. The molecule has 0 aliphatic carbocycles. The Labute approximate surface area is 124 Å². The molecule has 2 rings (SSSR count). The van der Waals surface area contributed by atoms with Gasteiger partial charge in [0.15, 0.2) is 0 Å². The zero-order valence-corrected chi connectivity index (χ0v) is 12.9. The second-order valence-corrected chi connectivity index (χ2v) is 6.28. The van der Waals surface area contributed by atoms with Gasteiger partial charge in [-0.05, 0) is 47.5 Å². The SMILES string of the molecule is CCCC(C)C(N)c1sccc1-c1cc(N)ccc1N. The number of hydrogen-bond acceptors (Lipinski definition) is 4. The fourth-order valence-electron chi connectivity index (χ4n) is 2.50. The first kappa shape index (κ1) is 14.9. The monoisotopic (exact) mass is 289 g/mol. The van der Waals surface area contributed by atoms with Gasteiger partial charge in [-0.25, -0.2) is 0 Å². The minimum Gasteiger partial charge on any atom is -0.399 e. The second-order valence-electron chi connectivity index (χ2n) is 5.34. The van der Waals surface area contributed by atoms with Crippen molar-refractivity contribution in [3.05, 3.63) is 34.5 Å². The van der Waals surface area contributed by atoms with Crippen molar-refractivity contribution in [2.24, 2.45) is 11.7 Å². The molecular weight excluding hydrogens is 266 g/mol. The van der Waals surface area contributed by atoms with Gasteiger partial charge in [-0.2, -0.15) is 0 Å². The minimum absolute atomic E-state index is 0.0470. The lowest BCUT2D eigenvalue weighted by Crippen LogP contribution is -2.18. The lowest BCUT2D eigenvalue weighted by atomic mass is 9.92. The van der Waals surface area contributed by atoms with Gasteiger partial charge in [0.05, 0.1) is 0 Å². The molecule has 0 saturated heterocycles. The van der Waals surface area contributed by atoms with E-state index in [0.717, 1.165) is 35.3 Å². The number of nitrogen functional groups attached to an aromatic ring is 2. The third kappa shape index (κ3) is 2.97. The Kier molecular flexibility index (Phi) is 4.68. The van der Waals surface area contributed by atoms with Crippen LogP contribution >= 0.6 is 11.3 Å². The summed E-state index contributed by atoms with van der Waals surface area (Å²) >= 11 is 1.70. The fraction of sp³-hybridized carbons (Fsp3) is 0.375. The molecule has 1 aromatic carbocycles. The summed E-state index contributed by atoms with van der Waals surface area (Å²) in [5.41, 5.74) is 22.0. The molecular formula is C16H23N3S. The van der Waals surface area contributed by atoms with Gasteiger partial charge in [0.1, 0.15) is 0 Å². The maximum Gasteiger partial charge on any atom is 0.0422 e. The molecule has 0 saturated carbocycles. The quantitative estimate of drug-likeness (QED) is 0.727. The Morgan fingerprint density at radius 1 is 1.15 bits per heavy atom. The van der Waals surface area contributed by atoms with Crippen LogP contribution in [-0.4, -0.2) is 0 Å². The van der Waals surface area contributed by atoms with Crippen molar-refractivity contribution in [3.8, 4) is 11.1 Å². The molecule has 6 N–H and O–H groups in total. The molecule has 20 heavy (non-hydrogen) atoms. The van der Waals surface area contributed by atoms with E-state index in [1.54, 1.807) is 11.3 Å². The highest BCUT2D eigenvalue weighted by atomic mass is 32.1. The summed E-state index contributed by atoms with van der Waals surface area (Å²) in [4.78, 5) is 1.20. The van der Waals surface area contributed by atoms with Crippen LogP contribution in [0.1, 0.15) is 37.6 Å². The van der Waals surface area contributed by atoms with E-state index in [4.69, 9.17) is 17.2 Å². The minimum atomic E-state index is 0.0470. The number of thiophene rings is 1. The molecule has 0 fully saturated rings. The third-order valence-corrected chi connectivity index (χ3v) is 4.74. The lowest BCUT2D eigenvalue weighted by molar-refractivity contribution is 0.439. The van der Waals surface area contributed by atoms with E-state index in [2.05, 4.69) is 25.3 Å². The zero-order valence-electron chi connectivity index (χ0n) is 12.1. The number of hydrogen-bond donors (Lipinski definition) is 3. The fourth-order valence-corrected chi connectivity index (χ4v) is 3.55. The van der Waals surface area contributed by atoms with Gasteiger partial charge in [0, 0.05) is 27.9 Å². The van der Waals surface area contributed by atoms with Crippen LogP contribution in [0.2, 0.25) is 0 Å². The van der Waals surface area contributed by atoms with E-state index in [1.165, 1.54) is 4.88 Å². The molecule has 4 heteroatoms. The number of anilines is 2. The average molecular weight is 289 g/mol. The summed E-state index contributed by atoms with van der Waals surface area (Å²) in [6, 6.07) is 7.74. The van der Waals surface area contributed by atoms with Crippen LogP contribution in [0.15, 0.2) is 29.6 Å². The van der Waals surface area contributed by atoms with Crippen molar-refractivity contribution in [1.82, 2.24) is 0 Å². The molecule has 2 atom stereocenters. The Morgan fingerprint density at radius 3 is 2.60 bits per heavy atom. The first-order valence-electron chi connectivity index (χ1n) is 7.03. The number of nitrogens with two attached hydrogens (primary N) is 3. The summed E-state index contributed by atoms with van der Waals surface area (Å²) in [7, 11) is 0. The molecule has 1 heterocycles. The van der Waals surface area contributed by atoms with E-state index in [-0.39, 0.29) is 6.04 Å². The van der Waals surface area contributed by atoms with Crippen LogP contribution < -0.4 is 17.2 Å². The van der Waals surface area contributed by atoms with Gasteiger partial charge in [-0.15, -0.1) is 11.3 Å². The Bertz CT molecular complexity index is 577. The summed E-state index contributed by atoms with van der Waals surface area (Å²) in [5, 5.41) is 2.08. The second kappa shape index (κ2) is 6.29. The largest absolute Gasteiger partial charge is 0.399 e. The number of rotatable bonds is 5. The van der Waals surface area contributed by atoms with Crippen LogP contribution in [0.5, 0.6) is 0 Å². The van der Waals surface area contributed by atoms with E-state index in [1.807, 2.05) is 18.2 Å². The van der Waals surface area contributed by atoms with Crippen molar-refractivity contribution in [2.45, 2.75) is 32.7 Å². The summed E-state index contributed by atoms with van der Waals surface area (Å²) < 4.78 is 0. The van der Waals surface area contributed by atoms with Gasteiger partial charge < -0.3 is 17.2 Å². The van der Waals surface area contributed by atoms with Crippen LogP contribution in [0.3, 0.4) is 0 Å². The molecule has 108 valence electrons. The van der Waals surface area contributed by atoms with E-state index >= 15 is 0 Å². The van der Waals surface area contributed by atoms with Crippen LogP contribution in [0, 0.1) is 5.92 Å². The van der Waals surface area contributed by atoms with Crippen molar-refractivity contribution in [2.75, 3.05) is 11.5 Å². The van der Waals surface area contributed by atoms with Gasteiger partial charge in [-0.3, -0.25) is 0 Å². The van der Waals surface area contributed by atoms with Crippen LogP contribution in [0.4, 0.5) is 11.4 Å². The van der Waals surface area contributed by atoms with E-state index in [9.17, 15) is 0 Å². The summed E-state index contributed by atoms with van der Waals surface area (Å²) in [6.45, 7) is 4.40. The summed E-state index contributed by atoms with van der Waals surface area (Å²) in [5.74, 6) is 0.458. The first-order chi connectivity index (χ1) is 9.54. The zero-order chi connectivity index (χ0) is 14.7. The molecule has 0 spiro atoms. The normalized spacial score (nSPS) is 14.2.